The van der Waals surface area contributed by atoms with Gasteiger partial charge < -0.3 is 5.11 Å². The molecule has 0 saturated carbocycles. The molecule has 4 heteroatoms. The molecule has 24 heavy (non-hydrogen) atoms. The summed E-state index contributed by atoms with van der Waals surface area (Å²) in [5, 5.41) is 8.49. The van der Waals surface area contributed by atoms with Gasteiger partial charge in [-0.3, -0.25) is 4.79 Å². The van der Waals surface area contributed by atoms with Crippen LogP contribution in [0.4, 0.5) is 0 Å². The van der Waals surface area contributed by atoms with Crippen LogP contribution >= 0.6 is 11.8 Å². The van der Waals surface area contributed by atoms with Crippen LogP contribution in [0.1, 0.15) is 32.1 Å². The van der Waals surface area contributed by atoms with Crippen LogP contribution in [0.3, 0.4) is 0 Å². The van der Waals surface area contributed by atoms with Gasteiger partial charge in [0.25, 0.3) is 0 Å². The first-order valence-electron chi connectivity index (χ1n) is 8.21. The maximum absolute atomic E-state index is 10.9. The van der Waals surface area contributed by atoms with Crippen molar-refractivity contribution in [3.05, 3.63) is 54.6 Å². The van der Waals surface area contributed by atoms with Gasteiger partial charge >= 0.3 is 5.97 Å². The number of carboxylic acid groups (broad SMARTS) is 1. The number of aliphatic carboxylic acids is 1. The minimum absolute atomic E-state index is 0.156. The number of carboxylic acids is 1. The van der Waals surface area contributed by atoms with Crippen molar-refractivity contribution in [1.29, 1.82) is 0 Å². The minimum Gasteiger partial charge on any atom is -0.476 e. The van der Waals surface area contributed by atoms with Crippen LogP contribution in [-0.4, -0.2) is 22.6 Å². The predicted octanol–water partition coefficient (Wildman–Crippen LogP) is 5.05. The van der Waals surface area contributed by atoms with E-state index in [4.69, 9.17) is 5.11 Å². The number of carbonyl (C=O) groups is 2. The molecule has 0 saturated heterocycles. The highest BCUT2D eigenvalue weighted by atomic mass is 32.2. The van der Waals surface area contributed by atoms with Gasteiger partial charge in [0.05, 0.1) is 0 Å². The van der Waals surface area contributed by atoms with E-state index in [-0.39, 0.29) is 6.42 Å². The molecule has 0 aliphatic carbocycles. The van der Waals surface area contributed by atoms with Gasteiger partial charge in [-0.05, 0) is 41.9 Å². The highest BCUT2D eigenvalue weighted by Crippen LogP contribution is 2.25. The molecule has 0 bridgehead atoms. The fourth-order valence-corrected chi connectivity index (χ4v) is 3.33. The van der Waals surface area contributed by atoms with Crippen LogP contribution in [0.5, 0.6) is 0 Å². The van der Waals surface area contributed by atoms with E-state index in [0.29, 0.717) is 6.42 Å². The van der Waals surface area contributed by atoms with E-state index in [1.165, 1.54) is 16.0 Å². The van der Waals surface area contributed by atoms with Gasteiger partial charge in [0.2, 0.25) is 5.78 Å². The van der Waals surface area contributed by atoms with E-state index < -0.39 is 11.8 Å². The van der Waals surface area contributed by atoms with Crippen LogP contribution in [0.15, 0.2) is 59.5 Å². The average Bonchev–Trinajstić information content (AvgIpc) is 2.62. The lowest BCUT2D eigenvalue weighted by atomic mass is 10.1. The molecule has 0 radical (unpaired) electrons. The quantitative estimate of drug-likeness (QED) is 0.373. The minimum atomic E-state index is -1.32. The predicted molar refractivity (Wildman–Crippen MR) is 98.3 cm³/mol. The first kappa shape index (κ1) is 18.3. The molecule has 0 aliphatic rings. The molecule has 0 aromatic heterocycles. The smallest absolute Gasteiger partial charge is 0.372 e. The lowest BCUT2D eigenvalue weighted by Gasteiger charge is -2.05. The van der Waals surface area contributed by atoms with Crippen molar-refractivity contribution in [3.8, 4) is 11.1 Å². The summed E-state index contributed by atoms with van der Waals surface area (Å²) < 4.78 is 0. The van der Waals surface area contributed by atoms with Gasteiger partial charge in [0.15, 0.2) is 0 Å². The van der Waals surface area contributed by atoms with Gasteiger partial charge in [0, 0.05) is 11.3 Å². The number of ketones is 1. The first-order valence-corrected chi connectivity index (χ1v) is 9.20. The zero-order valence-corrected chi connectivity index (χ0v) is 14.4. The molecular weight excluding hydrogens is 320 g/mol. The molecule has 2 rings (SSSR count). The SMILES string of the molecule is O=C(O)C(=O)CCCCCCSc1ccc(-c2ccccc2)cc1. The molecule has 126 valence electrons. The standard InChI is InChI=1S/C20H22O3S/c21-19(20(22)23)10-6-1-2-7-15-24-18-13-11-17(12-14-18)16-8-4-3-5-9-16/h3-5,8-9,11-14H,1-2,6-7,10,15H2,(H,22,23). The highest BCUT2D eigenvalue weighted by molar-refractivity contribution is 7.99. The molecule has 0 unspecified atom stereocenters. The summed E-state index contributed by atoms with van der Waals surface area (Å²) in [6.07, 6.45) is 3.84. The Labute approximate surface area is 147 Å². The second-order valence-electron chi connectivity index (χ2n) is 5.63. The fraction of sp³-hybridized carbons (Fsp3) is 0.300. The van der Waals surface area contributed by atoms with Gasteiger partial charge in [0.1, 0.15) is 0 Å². The molecule has 0 fully saturated rings. The zero-order chi connectivity index (χ0) is 17.2. The van der Waals surface area contributed by atoms with Crippen molar-refractivity contribution in [2.45, 2.75) is 37.0 Å². The summed E-state index contributed by atoms with van der Waals surface area (Å²) in [7, 11) is 0. The van der Waals surface area contributed by atoms with Crippen LogP contribution in [0.2, 0.25) is 0 Å². The number of thioether (sulfide) groups is 1. The fourth-order valence-electron chi connectivity index (χ4n) is 2.41. The van der Waals surface area contributed by atoms with E-state index in [2.05, 4.69) is 36.4 Å². The number of hydrogen-bond acceptors (Lipinski definition) is 3. The third-order valence-corrected chi connectivity index (χ3v) is 4.87. The number of Topliss-reactive ketones (excluding diaryl/α,β-unsaturated/α-hetero) is 1. The van der Waals surface area contributed by atoms with E-state index in [0.717, 1.165) is 25.0 Å². The van der Waals surface area contributed by atoms with Crippen molar-refractivity contribution in [1.82, 2.24) is 0 Å². The zero-order valence-electron chi connectivity index (χ0n) is 13.6. The van der Waals surface area contributed by atoms with E-state index in [1.54, 1.807) is 0 Å². The maximum atomic E-state index is 10.9. The topological polar surface area (TPSA) is 54.4 Å². The molecule has 2 aromatic rings. The Morgan fingerprint density at radius 3 is 2.08 bits per heavy atom. The normalized spacial score (nSPS) is 10.5. The Bertz CT molecular complexity index is 650. The number of rotatable bonds is 10. The average molecular weight is 342 g/mol. The third kappa shape index (κ3) is 6.20. The van der Waals surface area contributed by atoms with Gasteiger partial charge in [-0.15, -0.1) is 11.8 Å². The Balaban J connectivity index is 1.63. The second kappa shape index (κ2) is 9.93. The molecule has 0 amide bonds. The molecular formula is C20H22O3S. The molecule has 1 N–H and O–H groups in total. The monoisotopic (exact) mass is 342 g/mol. The lowest BCUT2D eigenvalue weighted by molar-refractivity contribution is -0.149. The third-order valence-electron chi connectivity index (χ3n) is 3.77. The molecule has 2 aromatic carbocycles. The summed E-state index contributed by atoms with van der Waals surface area (Å²) in [5.74, 6) is -0.954. The summed E-state index contributed by atoms with van der Waals surface area (Å²) in [5.41, 5.74) is 2.45. The van der Waals surface area contributed by atoms with Crippen LogP contribution < -0.4 is 0 Å². The maximum Gasteiger partial charge on any atom is 0.372 e. The molecule has 0 atom stereocenters. The largest absolute Gasteiger partial charge is 0.476 e. The molecule has 3 nitrogen and oxygen atoms in total. The first-order chi connectivity index (χ1) is 11.7. The van der Waals surface area contributed by atoms with Gasteiger partial charge in [-0.2, -0.15) is 0 Å². The van der Waals surface area contributed by atoms with Crippen molar-refractivity contribution in [2.75, 3.05) is 5.75 Å². The summed E-state index contributed by atoms with van der Waals surface area (Å²) >= 11 is 1.83. The van der Waals surface area contributed by atoms with Gasteiger partial charge in [-0.25, -0.2) is 4.79 Å². The van der Waals surface area contributed by atoms with Crippen molar-refractivity contribution < 1.29 is 14.7 Å². The number of benzene rings is 2. The Morgan fingerprint density at radius 1 is 0.792 bits per heavy atom. The Kier molecular flexibility index (Phi) is 7.56. The van der Waals surface area contributed by atoms with Gasteiger partial charge in [-0.1, -0.05) is 55.3 Å². The number of carbonyl (C=O) groups excluding carboxylic acids is 1. The van der Waals surface area contributed by atoms with E-state index in [1.807, 2.05) is 30.0 Å². The summed E-state index contributed by atoms with van der Waals surface area (Å²) in [4.78, 5) is 22.6. The highest BCUT2D eigenvalue weighted by Gasteiger charge is 2.09. The van der Waals surface area contributed by atoms with E-state index >= 15 is 0 Å². The van der Waals surface area contributed by atoms with Crippen LogP contribution in [-0.2, 0) is 9.59 Å². The number of hydrogen-bond donors (Lipinski definition) is 1. The second-order valence-corrected chi connectivity index (χ2v) is 6.80. The van der Waals surface area contributed by atoms with E-state index in [9.17, 15) is 9.59 Å². The Hall–Kier alpha value is -2.07. The Morgan fingerprint density at radius 2 is 1.42 bits per heavy atom. The van der Waals surface area contributed by atoms with Crippen molar-refractivity contribution in [2.24, 2.45) is 0 Å². The molecule has 0 aliphatic heterocycles. The summed E-state index contributed by atoms with van der Waals surface area (Å²) in [6, 6.07) is 18.9. The number of unbranched alkanes of at least 4 members (excludes halogenated alkanes) is 3. The van der Waals surface area contributed by atoms with Crippen LogP contribution in [0.25, 0.3) is 11.1 Å². The van der Waals surface area contributed by atoms with Crippen molar-refractivity contribution in [3.63, 3.8) is 0 Å². The van der Waals surface area contributed by atoms with Crippen molar-refractivity contribution >= 4 is 23.5 Å². The van der Waals surface area contributed by atoms with Crippen LogP contribution in [0, 0.1) is 0 Å². The lowest BCUT2D eigenvalue weighted by Crippen LogP contribution is -2.11. The molecule has 0 heterocycles. The molecule has 0 spiro atoms. The summed E-state index contributed by atoms with van der Waals surface area (Å²) in [6.45, 7) is 0.